The Kier molecular flexibility index (Phi) is 8.27. The Bertz CT molecular complexity index is 1820. The van der Waals surface area contributed by atoms with E-state index in [1.165, 1.54) is 5.56 Å². The van der Waals surface area contributed by atoms with Crippen molar-refractivity contribution in [2.24, 2.45) is 0 Å². The lowest BCUT2D eigenvalue weighted by Crippen LogP contribution is -2.29. The van der Waals surface area contributed by atoms with Crippen LogP contribution >= 0.6 is 31.9 Å². The van der Waals surface area contributed by atoms with Gasteiger partial charge in [-0.1, -0.05) is 103 Å². The maximum Gasteiger partial charge on any atom is 0.345 e. The van der Waals surface area contributed by atoms with Crippen LogP contribution in [0.25, 0.3) is 33.2 Å². The Morgan fingerprint density at radius 2 is 1.29 bits per heavy atom. The van der Waals surface area contributed by atoms with E-state index in [1.54, 1.807) is 0 Å². The normalized spacial score (nSPS) is 11.9. The zero-order valence-electron chi connectivity index (χ0n) is 22.5. The van der Waals surface area contributed by atoms with Crippen molar-refractivity contribution in [3.63, 3.8) is 0 Å². The van der Waals surface area contributed by atoms with Crippen molar-refractivity contribution >= 4 is 48.8 Å². The maximum atomic E-state index is 12.0. The van der Waals surface area contributed by atoms with E-state index in [4.69, 9.17) is 9.15 Å². The van der Waals surface area contributed by atoms with Crippen LogP contribution in [0, 0.1) is 0 Å². The molecule has 1 atom stereocenters. The molecule has 5 aromatic carbocycles. The molecule has 0 saturated heterocycles. The third kappa shape index (κ3) is 6.06. The zero-order chi connectivity index (χ0) is 29.1. The summed E-state index contributed by atoms with van der Waals surface area (Å²) in [5.41, 5.74) is 7.12. The highest BCUT2D eigenvalue weighted by Crippen LogP contribution is 2.40. The van der Waals surface area contributed by atoms with Crippen molar-refractivity contribution in [1.82, 2.24) is 0 Å². The number of benzene rings is 5. The topological polar surface area (TPSA) is 59.7 Å². The molecule has 0 aliphatic carbocycles. The van der Waals surface area contributed by atoms with E-state index in [-0.39, 0.29) is 6.42 Å². The molecule has 0 unspecified atom stereocenters. The van der Waals surface area contributed by atoms with E-state index >= 15 is 0 Å². The van der Waals surface area contributed by atoms with Crippen LogP contribution in [-0.2, 0) is 17.6 Å². The fourth-order valence-corrected chi connectivity index (χ4v) is 6.51. The van der Waals surface area contributed by atoms with E-state index in [0.717, 1.165) is 44.5 Å². The van der Waals surface area contributed by atoms with Crippen LogP contribution < -0.4 is 4.74 Å². The van der Waals surface area contributed by atoms with Crippen LogP contribution in [0.15, 0.2) is 135 Å². The first kappa shape index (κ1) is 28.0. The number of hydrogen-bond acceptors (Lipinski definition) is 3. The standard InChI is InChI=1S/C36H26Br2O4/c37-29-21-27(22-30(38)35(29)42-33(36(39)40)20-24-11-5-2-6-12-24)25-15-17-26(18-16-25)34-28-13-7-8-14-31(28)41-32(34)19-23-9-3-1-4-10-23/h1-18,21-22,33H,19-20H2,(H,39,40)/t33-/m0/s1. The summed E-state index contributed by atoms with van der Waals surface area (Å²) in [6.45, 7) is 0. The maximum absolute atomic E-state index is 12.0. The highest BCUT2D eigenvalue weighted by atomic mass is 79.9. The van der Waals surface area contributed by atoms with Crippen molar-refractivity contribution in [1.29, 1.82) is 0 Å². The van der Waals surface area contributed by atoms with Gasteiger partial charge >= 0.3 is 5.97 Å². The summed E-state index contributed by atoms with van der Waals surface area (Å²) in [5.74, 6) is 0.371. The molecule has 0 saturated carbocycles. The molecule has 0 amide bonds. The average Bonchev–Trinajstić information content (AvgIpc) is 3.37. The second-order valence-corrected chi connectivity index (χ2v) is 11.7. The minimum atomic E-state index is -1.03. The summed E-state index contributed by atoms with van der Waals surface area (Å²) >= 11 is 7.22. The van der Waals surface area contributed by atoms with Gasteiger partial charge in [0.2, 0.25) is 0 Å². The molecule has 1 N–H and O–H groups in total. The Morgan fingerprint density at radius 3 is 1.93 bits per heavy atom. The van der Waals surface area contributed by atoms with Crippen molar-refractivity contribution in [2.75, 3.05) is 0 Å². The minimum absolute atomic E-state index is 0.257. The highest BCUT2D eigenvalue weighted by molar-refractivity contribution is 9.11. The van der Waals surface area contributed by atoms with E-state index in [0.29, 0.717) is 21.1 Å². The summed E-state index contributed by atoms with van der Waals surface area (Å²) in [6, 6.07) is 40.3. The van der Waals surface area contributed by atoms with Gasteiger partial charge < -0.3 is 14.3 Å². The number of para-hydroxylation sites is 1. The molecule has 6 rings (SSSR count). The van der Waals surface area contributed by atoms with E-state index in [1.807, 2.05) is 78.9 Å². The number of aliphatic carboxylic acids is 1. The molecule has 208 valence electrons. The Labute approximate surface area is 260 Å². The van der Waals surface area contributed by atoms with Crippen molar-refractivity contribution < 1.29 is 19.1 Å². The molecule has 0 bridgehead atoms. The second-order valence-electron chi connectivity index (χ2n) is 10.0. The number of carboxylic acids is 1. The van der Waals surface area contributed by atoms with Gasteiger partial charge in [0.25, 0.3) is 0 Å². The molecule has 0 radical (unpaired) electrons. The number of fused-ring (bicyclic) bond motifs is 1. The van der Waals surface area contributed by atoms with E-state index < -0.39 is 12.1 Å². The van der Waals surface area contributed by atoms with Gasteiger partial charge in [-0.15, -0.1) is 0 Å². The predicted octanol–water partition coefficient (Wildman–Crippen LogP) is 9.96. The SMILES string of the molecule is O=C(O)[C@H](Cc1ccccc1)Oc1c(Br)cc(-c2ccc(-c3c(Cc4ccccc4)oc4ccccc34)cc2)cc1Br. The predicted molar refractivity (Wildman–Crippen MR) is 174 cm³/mol. The van der Waals surface area contributed by atoms with Crippen LogP contribution in [0.4, 0.5) is 0 Å². The van der Waals surface area contributed by atoms with Gasteiger partial charge in [-0.3, -0.25) is 0 Å². The molecule has 1 aromatic heterocycles. The third-order valence-electron chi connectivity index (χ3n) is 7.18. The number of ether oxygens (including phenoxy) is 1. The number of furan rings is 1. The van der Waals surface area contributed by atoms with Gasteiger partial charge in [-0.25, -0.2) is 4.79 Å². The number of halogens is 2. The van der Waals surface area contributed by atoms with Crippen molar-refractivity contribution in [3.8, 4) is 28.0 Å². The molecule has 42 heavy (non-hydrogen) atoms. The molecule has 0 fully saturated rings. The quantitative estimate of drug-likeness (QED) is 0.165. The van der Waals surface area contributed by atoms with Gasteiger partial charge in [0.05, 0.1) is 8.95 Å². The molecule has 6 aromatic rings. The number of hydrogen-bond donors (Lipinski definition) is 1. The summed E-state index contributed by atoms with van der Waals surface area (Å²) in [4.78, 5) is 12.0. The summed E-state index contributed by atoms with van der Waals surface area (Å²) in [5, 5.41) is 10.9. The summed E-state index contributed by atoms with van der Waals surface area (Å²) < 4.78 is 13.7. The lowest BCUT2D eigenvalue weighted by atomic mass is 9.96. The third-order valence-corrected chi connectivity index (χ3v) is 8.36. The highest BCUT2D eigenvalue weighted by Gasteiger charge is 2.23. The Balaban J connectivity index is 1.28. The minimum Gasteiger partial charge on any atom is -0.478 e. The lowest BCUT2D eigenvalue weighted by molar-refractivity contribution is -0.145. The van der Waals surface area contributed by atoms with Gasteiger partial charge in [-0.2, -0.15) is 0 Å². The first-order valence-corrected chi connectivity index (χ1v) is 15.1. The molecule has 0 aliphatic rings. The van der Waals surface area contributed by atoms with E-state index in [2.05, 4.69) is 74.3 Å². The van der Waals surface area contributed by atoms with Gasteiger partial charge in [0, 0.05) is 23.8 Å². The first-order valence-electron chi connectivity index (χ1n) is 13.5. The van der Waals surface area contributed by atoms with Crippen LogP contribution in [0.2, 0.25) is 0 Å². The molecule has 0 aliphatic heterocycles. The number of carboxylic acid groups (broad SMARTS) is 1. The monoisotopic (exact) mass is 680 g/mol. The average molecular weight is 682 g/mol. The van der Waals surface area contributed by atoms with Crippen molar-refractivity contribution in [3.05, 3.63) is 147 Å². The fourth-order valence-electron chi connectivity index (χ4n) is 5.14. The Morgan fingerprint density at radius 1 is 0.714 bits per heavy atom. The lowest BCUT2D eigenvalue weighted by Gasteiger charge is -2.18. The largest absolute Gasteiger partial charge is 0.478 e. The van der Waals surface area contributed by atoms with Crippen LogP contribution in [-0.4, -0.2) is 17.2 Å². The smallest absolute Gasteiger partial charge is 0.345 e. The van der Waals surface area contributed by atoms with Gasteiger partial charge in [0.1, 0.15) is 17.1 Å². The van der Waals surface area contributed by atoms with Crippen LogP contribution in [0.5, 0.6) is 5.75 Å². The zero-order valence-corrected chi connectivity index (χ0v) is 25.6. The second kappa shape index (κ2) is 12.4. The number of rotatable bonds is 9. The molecule has 6 heteroatoms. The molecular formula is C36H26Br2O4. The first-order chi connectivity index (χ1) is 20.5. The molecule has 4 nitrogen and oxygen atoms in total. The van der Waals surface area contributed by atoms with Crippen molar-refractivity contribution in [2.45, 2.75) is 18.9 Å². The van der Waals surface area contributed by atoms with Gasteiger partial charge in [0.15, 0.2) is 6.10 Å². The van der Waals surface area contributed by atoms with Crippen LogP contribution in [0.3, 0.4) is 0 Å². The van der Waals surface area contributed by atoms with Crippen LogP contribution in [0.1, 0.15) is 16.9 Å². The fraction of sp³-hybridized carbons (Fsp3) is 0.0833. The summed E-state index contributed by atoms with van der Waals surface area (Å²) in [7, 11) is 0. The number of carbonyl (C=O) groups is 1. The molecule has 0 spiro atoms. The van der Waals surface area contributed by atoms with Gasteiger partial charge in [-0.05, 0) is 77.9 Å². The molecule has 1 heterocycles. The van der Waals surface area contributed by atoms with E-state index in [9.17, 15) is 9.90 Å². The molecular weight excluding hydrogens is 656 g/mol. The summed E-state index contributed by atoms with van der Waals surface area (Å²) in [6.07, 6.45) is -0.0667. The Hall–Kier alpha value is -4.13.